The van der Waals surface area contributed by atoms with Crippen LogP contribution >= 0.6 is 11.6 Å². The highest BCUT2D eigenvalue weighted by molar-refractivity contribution is 6.35. The fourth-order valence-corrected chi connectivity index (χ4v) is 4.20. The summed E-state index contributed by atoms with van der Waals surface area (Å²) >= 11 is 6.27. The predicted molar refractivity (Wildman–Crippen MR) is 130 cm³/mol. The molecule has 1 fully saturated rings. The number of aliphatic imine (C=N–C) groups is 1. The van der Waals surface area contributed by atoms with Gasteiger partial charge in [-0.25, -0.2) is 4.98 Å². The maximum atomic E-state index is 13.7. The highest BCUT2D eigenvalue weighted by atomic mass is 35.5. The van der Waals surface area contributed by atoms with Gasteiger partial charge in [0.25, 0.3) is 0 Å². The number of ether oxygens (including phenoxy) is 1. The van der Waals surface area contributed by atoms with E-state index < -0.39 is 17.4 Å². The van der Waals surface area contributed by atoms with Gasteiger partial charge < -0.3 is 14.7 Å². The zero-order chi connectivity index (χ0) is 26.2. The van der Waals surface area contributed by atoms with E-state index in [4.69, 9.17) is 21.4 Å². The average molecular weight is 519 g/mol. The molecule has 4 rings (SSSR count). The summed E-state index contributed by atoms with van der Waals surface area (Å²) < 4.78 is 47.8. The molecule has 36 heavy (non-hydrogen) atoms. The van der Waals surface area contributed by atoms with E-state index in [1.54, 1.807) is 30.0 Å². The minimum Gasteiger partial charge on any atom is -0.394 e. The molecule has 0 bridgehead atoms. The van der Waals surface area contributed by atoms with Crippen LogP contribution in [0, 0.1) is 18.3 Å². The number of aromatic nitrogens is 3. The number of rotatable bonds is 6. The number of nitriles is 1. The molecule has 12 heteroatoms. The van der Waals surface area contributed by atoms with Crippen LogP contribution < -0.4 is 4.90 Å². The molecule has 0 aromatic carbocycles. The Morgan fingerprint density at radius 2 is 2.08 bits per heavy atom. The molecule has 0 spiro atoms. The monoisotopic (exact) mass is 518 g/mol. The van der Waals surface area contributed by atoms with E-state index in [2.05, 4.69) is 21.7 Å². The number of aryl methyl sites for hydroxylation is 1. The minimum absolute atomic E-state index is 0.140. The number of halogens is 4. The second-order valence-electron chi connectivity index (χ2n) is 8.24. The van der Waals surface area contributed by atoms with E-state index in [1.165, 1.54) is 6.20 Å². The largest absolute Gasteiger partial charge is 0.436 e. The SMILES string of the molecule is C=CN=C1C=C(Cl)C(C)=C/C1=C\c1c(C)nc2c(C#N)c(C(F)(F)F)nn2c1N1CC(OCCO)C1. The average Bonchev–Trinajstić information content (AvgIpc) is 3.16. The van der Waals surface area contributed by atoms with Gasteiger partial charge in [-0.2, -0.15) is 28.0 Å². The summed E-state index contributed by atoms with van der Waals surface area (Å²) in [5.41, 5.74) is 0.742. The molecule has 0 saturated carbocycles. The lowest BCUT2D eigenvalue weighted by Gasteiger charge is -2.41. The van der Waals surface area contributed by atoms with Gasteiger partial charge in [-0.15, -0.1) is 0 Å². The van der Waals surface area contributed by atoms with Crippen LogP contribution in [0.25, 0.3) is 11.7 Å². The summed E-state index contributed by atoms with van der Waals surface area (Å²) in [7, 11) is 0. The number of allylic oxidation sites excluding steroid dienone is 5. The van der Waals surface area contributed by atoms with Crippen molar-refractivity contribution in [3.05, 3.63) is 63.6 Å². The third-order valence-corrected chi connectivity index (χ3v) is 6.18. The van der Waals surface area contributed by atoms with Crippen molar-refractivity contribution >= 4 is 34.9 Å². The molecule has 1 N–H and O–H groups in total. The first-order valence-corrected chi connectivity index (χ1v) is 11.3. The third-order valence-electron chi connectivity index (χ3n) is 5.78. The Hall–Kier alpha value is -3.46. The number of hydrogen-bond acceptors (Lipinski definition) is 7. The Balaban J connectivity index is 1.95. The Bertz CT molecular complexity index is 1390. The zero-order valence-corrected chi connectivity index (χ0v) is 20.2. The van der Waals surface area contributed by atoms with Crippen LogP contribution in [0.4, 0.5) is 19.0 Å². The number of nitrogens with zero attached hydrogens (tertiary/aromatic N) is 6. The van der Waals surface area contributed by atoms with Crippen LogP contribution in [-0.4, -0.2) is 57.8 Å². The molecule has 3 heterocycles. The maximum Gasteiger partial charge on any atom is 0.436 e. The van der Waals surface area contributed by atoms with Gasteiger partial charge in [0.2, 0.25) is 0 Å². The van der Waals surface area contributed by atoms with Gasteiger partial charge in [0.1, 0.15) is 17.5 Å². The van der Waals surface area contributed by atoms with Gasteiger partial charge in [0.15, 0.2) is 11.3 Å². The van der Waals surface area contributed by atoms with Crippen LogP contribution in [0.5, 0.6) is 0 Å². The number of hydrogen-bond donors (Lipinski definition) is 1. The summed E-state index contributed by atoms with van der Waals surface area (Å²) in [6.45, 7) is 7.83. The Labute approximate surface area is 210 Å². The summed E-state index contributed by atoms with van der Waals surface area (Å²) in [4.78, 5) is 10.4. The lowest BCUT2D eigenvalue weighted by atomic mass is 9.97. The molecule has 1 aliphatic heterocycles. The van der Waals surface area contributed by atoms with E-state index >= 15 is 0 Å². The molecule has 2 aromatic rings. The van der Waals surface area contributed by atoms with Crippen LogP contribution in [0.1, 0.15) is 29.4 Å². The Morgan fingerprint density at radius 3 is 2.69 bits per heavy atom. The summed E-state index contributed by atoms with van der Waals surface area (Å²) in [5.74, 6) is 0.338. The quantitative estimate of drug-likeness (QED) is 0.616. The van der Waals surface area contributed by atoms with Gasteiger partial charge in [0.05, 0.1) is 30.7 Å². The van der Waals surface area contributed by atoms with Crippen molar-refractivity contribution in [1.29, 1.82) is 5.26 Å². The summed E-state index contributed by atoms with van der Waals surface area (Å²) in [6, 6.07) is 1.61. The lowest BCUT2D eigenvalue weighted by Crippen LogP contribution is -2.53. The third kappa shape index (κ3) is 4.67. The molecular weight excluding hydrogens is 497 g/mol. The topological polar surface area (TPSA) is 99.0 Å². The standard InChI is InChI=1S/C24H22ClF3N6O2/c1-4-30-20-9-19(25)13(2)7-15(20)8-17-14(3)31-22-18(10-29)21(24(26,27)28)32-34(22)23(17)33-11-16(12-33)36-6-5-35/h4,7-9,16,35H,1,5-6,11-12H2,2-3H3/b15-8+,30-20?. The van der Waals surface area contributed by atoms with Crippen molar-refractivity contribution in [3.8, 4) is 6.07 Å². The van der Waals surface area contributed by atoms with E-state index in [9.17, 15) is 18.4 Å². The van der Waals surface area contributed by atoms with Gasteiger partial charge in [0, 0.05) is 35.5 Å². The first kappa shape index (κ1) is 25.6. The molecule has 188 valence electrons. The predicted octanol–water partition coefficient (Wildman–Crippen LogP) is 4.18. The molecular formula is C24H22ClF3N6O2. The number of alkyl halides is 3. The lowest BCUT2D eigenvalue weighted by molar-refractivity contribution is -0.141. The van der Waals surface area contributed by atoms with Crippen molar-refractivity contribution in [3.63, 3.8) is 0 Å². The molecule has 0 atom stereocenters. The first-order valence-electron chi connectivity index (χ1n) is 10.9. The van der Waals surface area contributed by atoms with Gasteiger partial charge in [-0.05, 0) is 37.6 Å². The fourth-order valence-electron chi connectivity index (χ4n) is 4.04. The molecule has 2 aliphatic rings. The molecule has 1 saturated heterocycles. The number of aliphatic hydroxyl groups excluding tert-OH is 1. The van der Waals surface area contributed by atoms with Crippen molar-refractivity contribution < 1.29 is 23.0 Å². The first-order chi connectivity index (χ1) is 17.1. The highest BCUT2D eigenvalue weighted by Gasteiger charge is 2.41. The number of fused-ring (bicyclic) bond motifs is 1. The number of anilines is 1. The van der Waals surface area contributed by atoms with Crippen molar-refractivity contribution in [1.82, 2.24) is 14.6 Å². The minimum atomic E-state index is -4.83. The van der Waals surface area contributed by atoms with Gasteiger partial charge in [-0.1, -0.05) is 18.2 Å². The van der Waals surface area contributed by atoms with Gasteiger partial charge in [-0.3, -0.25) is 4.99 Å². The molecule has 0 unspecified atom stereocenters. The van der Waals surface area contributed by atoms with E-state index in [1.807, 2.05) is 13.0 Å². The maximum absolute atomic E-state index is 13.7. The van der Waals surface area contributed by atoms with Crippen molar-refractivity contribution in [2.24, 2.45) is 4.99 Å². The summed E-state index contributed by atoms with van der Waals surface area (Å²) in [5, 5.41) is 22.8. The van der Waals surface area contributed by atoms with Crippen LogP contribution in [-0.2, 0) is 10.9 Å². The second-order valence-corrected chi connectivity index (χ2v) is 8.65. The highest BCUT2D eigenvalue weighted by Crippen LogP contribution is 2.37. The van der Waals surface area contributed by atoms with Crippen molar-refractivity contribution in [2.75, 3.05) is 31.2 Å². The molecule has 8 nitrogen and oxygen atoms in total. The molecule has 0 amide bonds. The fraction of sp³-hybridized carbons (Fsp3) is 0.333. The molecule has 2 aromatic heterocycles. The molecule has 1 aliphatic carbocycles. The van der Waals surface area contributed by atoms with Crippen LogP contribution in [0.15, 0.2) is 46.1 Å². The van der Waals surface area contributed by atoms with E-state index in [0.717, 1.165) is 10.1 Å². The van der Waals surface area contributed by atoms with E-state index in [0.29, 0.717) is 46.5 Å². The zero-order valence-electron chi connectivity index (χ0n) is 19.5. The normalized spacial score (nSPS) is 18.9. The Morgan fingerprint density at radius 1 is 1.36 bits per heavy atom. The Kier molecular flexibility index (Phi) is 7.04. The number of aliphatic hydroxyl groups is 1. The van der Waals surface area contributed by atoms with Crippen molar-refractivity contribution in [2.45, 2.75) is 26.1 Å². The van der Waals surface area contributed by atoms with Gasteiger partial charge >= 0.3 is 6.18 Å². The molecule has 0 radical (unpaired) electrons. The second kappa shape index (κ2) is 9.89. The summed E-state index contributed by atoms with van der Waals surface area (Å²) in [6.07, 6.45) is 1.56. The van der Waals surface area contributed by atoms with Crippen LogP contribution in [0.2, 0.25) is 0 Å². The smallest absolute Gasteiger partial charge is 0.394 e. The van der Waals surface area contributed by atoms with E-state index in [-0.39, 0.29) is 25.0 Å². The van der Waals surface area contributed by atoms with Crippen LogP contribution in [0.3, 0.4) is 0 Å².